The summed E-state index contributed by atoms with van der Waals surface area (Å²) in [5, 5.41) is 0. The third-order valence-electron chi connectivity index (χ3n) is 5.81. The molecule has 1 aromatic carbocycles. The normalized spacial score (nSPS) is 36.8. The Bertz CT molecular complexity index is 702. The number of benzene rings is 1. The van der Waals surface area contributed by atoms with Crippen LogP contribution in [0.5, 0.6) is 5.75 Å². The van der Waals surface area contributed by atoms with E-state index in [-0.39, 0.29) is 23.4 Å². The molecule has 1 aliphatic carbocycles. The number of hydrogen-bond acceptors (Lipinski definition) is 5. The molecule has 2 heterocycles. The van der Waals surface area contributed by atoms with Crippen LogP contribution in [0.15, 0.2) is 24.3 Å². The van der Waals surface area contributed by atoms with Gasteiger partial charge in [-0.25, -0.2) is 4.79 Å². The number of carbonyl (C=O) groups excluding carboxylic acids is 2. The van der Waals surface area contributed by atoms with Crippen LogP contribution in [0.2, 0.25) is 0 Å². The van der Waals surface area contributed by atoms with Gasteiger partial charge in [0.2, 0.25) is 0 Å². The van der Waals surface area contributed by atoms with Crippen LogP contribution in [0, 0.1) is 5.92 Å². The number of methoxy groups -OCH3 is 2. The van der Waals surface area contributed by atoms with Gasteiger partial charge in [-0.15, -0.1) is 0 Å². The number of amides is 1. The Morgan fingerprint density at radius 1 is 1.25 bits per heavy atom. The number of ether oxygens (including phenoxy) is 3. The first-order valence-electron chi connectivity index (χ1n) is 8.19. The second-order valence-corrected chi connectivity index (χ2v) is 7.09. The Balaban J connectivity index is 1.83. The molecule has 3 fully saturated rings. The van der Waals surface area contributed by atoms with Crippen molar-refractivity contribution < 1.29 is 23.8 Å². The lowest BCUT2D eigenvalue weighted by atomic mass is 9.69. The van der Waals surface area contributed by atoms with E-state index in [4.69, 9.17) is 14.2 Å². The SMILES string of the molecule is COC(=O)[C@@]12CC[C@@]3(C)C[C@@H]1[C@H](O3)C(=O)N2c1ccc(OC)cc1. The molecule has 24 heavy (non-hydrogen) atoms. The van der Waals surface area contributed by atoms with Gasteiger partial charge in [-0.1, -0.05) is 0 Å². The van der Waals surface area contributed by atoms with E-state index in [1.165, 1.54) is 7.11 Å². The molecule has 4 atom stereocenters. The van der Waals surface area contributed by atoms with Gasteiger partial charge < -0.3 is 14.2 Å². The summed E-state index contributed by atoms with van der Waals surface area (Å²) in [5.41, 5.74) is -0.608. The third-order valence-corrected chi connectivity index (χ3v) is 5.81. The number of esters is 1. The molecule has 1 amide bonds. The van der Waals surface area contributed by atoms with Gasteiger partial charge in [-0.05, 0) is 50.5 Å². The van der Waals surface area contributed by atoms with Crippen molar-refractivity contribution in [2.45, 2.75) is 43.4 Å². The molecule has 4 rings (SSSR count). The minimum Gasteiger partial charge on any atom is -0.497 e. The van der Waals surface area contributed by atoms with E-state index in [9.17, 15) is 9.59 Å². The van der Waals surface area contributed by atoms with Crippen molar-refractivity contribution in [3.05, 3.63) is 24.3 Å². The van der Waals surface area contributed by atoms with Gasteiger partial charge in [0.05, 0.1) is 19.8 Å². The third kappa shape index (κ3) is 1.80. The van der Waals surface area contributed by atoms with E-state index < -0.39 is 11.6 Å². The van der Waals surface area contributed by atoms with Crippen LogP contribution in [-0.4, -0.2) is 43.3 Å². The Morgan fingerprint density at radius 2 is 1.96 bits per heavy atom. The highest BCUT2D eigenvalue weighted by molar-refractivity contribution is 6.09. The van der Waals surface area contributed by atoms with E-state index in [1.807, 2.05) is 6.92 Å². The van der Waals surface area contributed by atoms with Crippen molar-refractivity contribution in [1.82, 2.24) is 0 Å². The molecular weight excluding hydrogens is 310 g/mol. The highest BCUT2D eigenvalue weighted by Gasteiger charge is 2.72. The van der Waals surface area contributed by atoms with Gasteiger partial charge in [0.15, 0.2) is 5.54 Å². The molecule has 2 bridgehead atoms. The van der Waals surface area contributed by atoms with Crippen LogP contribution < -0.4 is 9.64 Å². The maximum atomic E-state index is 13.1. The van der Waals surface area contributed by atoms with Crippen LogP contribution >= 0.6 is 0 Å². The standard InChI is InChI=1S/C18H21NO5/c1-17-8-9-18(16(21)23-3)13(10-17)14(24-17)15(20)19(18)11-4-6-12(22-2)7-5-11/h4-7,13-14H,8-10H2,1-3H3/t13-,14+,17+,18-/m1/s1. The van der Waals surface area contributed by atoms with Crippen LogP contribution in [0.3, 0.4) is 0 Å². The summed E-state index contributed by atoms with van der Waals surface area (Å²) >= 11 is 0. The Morgan fingerprint density at radius 3 is 2.58 bits per heavy atom. The zero-order valence-electron chi connectivity index (χ0n) is 14.1. The van der Waals surface area contributed by atoms with Gasteiger partial charge in [0, 0.05) is 11.6 Å². The molecule has 3 aliphatic rings. The van der Waals surface area contributed by atoms with Crippen molar-refractivity contribution in [2.75, 3.05) is 19.1 Å². The van der Waals surface area contributed by atoms with E-state index >= 15 is 0 Å². The first kappa shape index (κ1) is 15.4. The average molecular weight is 331 g/mol. The molecule has 0 N–H and O–H groups in total. The van der Waals surface area contributed by atoms with Crippen molar-refractivity contribution in [1.29, 1.82) is 0 Å². The highest BCUT2D eigenvalue weighted by Crippen LogP contribution is 2.58. The number of carbonyl (C=O) groups is 2. The lowest BCUT2D eigenvalue weighted by molar-refractivity contribution is -0.151. The Labute approximate surface area is 140 Å². The molecule has 0 radical (unpaired) electrons. The molecule has 0 aromatic heterocycles. The summed E-state index contributed by atoms with van der Waals surface area (Å²) in [5.74, 6) is 0.0224. The zero-order valence-corrected chi connectivity index (χ0v) is 14.1. The fourth-order valence-electron chi connectivity index (χ4n) is 4.66. The number of rotatable bonds is 3. The molecule has 6 heteroatoms. The van der Waals surface area contributed by atoms with Crippen molar-refractivity contribution in [3.8, 4) is 5.75 Å². The lowest BCUT2D eigenvalue weighted by Gasteiger charge is -2.44. The van der Waals surface area contributed by atoms with E-state index in [0.29, 0.717) is 24.3 Å². The molecular formula is C18H21NO5. The summed E-state index contributed by atoms with van der Waals surface area (Å²) in [6, 6.07) is 7.18. The summed E-state index contributed by atoms with van der Waals surface area (Å²) in [6.07, 6.45) is 1.41. The van der Waals surface area contributed by atoms with Crippen molar-refractivity contribution in [2.24, 2.45) is 5.92 Å². The van der Waals surface area contributed by atoms with Crippen LogP contribution in [0.25, 0.3) is 0 Å². The highest BCUT2D eigenvalue weighted by atomic mass is 16.5. The average Bonchev–Trinajstić information content (AvgIpc) is 3.01. The first-order chi connectivity index (χ1) is 11.4. The van der Waals surface area contributed by atoms with Crippen molar-refractivity contribution >= 4 is 17.6 Å². The van der Waals surface area contributed by atoms with Crippen LogP contribution in [0.1, 0.15) is 26.2 Å². The first-order valence-corrected chi connectivity index (χ1v) is 8.19. The zero-order chi connectivity index (χ0) is 17.1. The number of anilines is 1. The largest absolute Gasteiger partial charge is 0.497 e. The predicted molar refractivity (Wildman–Crippen MR) is 85.8 cm³/mol. The molecule has 2 aliphatic heterocycles. The van der Waals surface area contributed by atoms with Gasteiger partial charge in [-0.3, -0.25) is 9.69 Å². The fraction of sp³-hybridized carbons (Fsp3) is 0.556. The Kier molecular flexibility index (Phi) is 3.19. The van der Waals surface area contributed by atoms with E-state index in [1.54, 1.807) is 36.3 Å². The maximum Gasteiger partial charge on any atom is 0.332 e. The topological polar surface area (TPSA) is 65.1 Å². The van der Waals surface area contributed by atoms with Gasteiger partial charge in [-0.2, -0.15) is 0 Å². The number of fused-ring (bicyclic) bond motifs is 1. The molecule has 0 unspecified atom stereocenters. The molecule has 2 saturated heterocycles. The lowest BCUT2D eigenvalue weighted by Crippen LogP contribution is -2.59. The van der Waals surface area contributed by atoms with E-state index in [0.717, 1.165) is 6.42 Å². The fourth-order valence-corrected chi connectivity index (χ4v) is 4.66. The monoisotopic (exact) mass is 331 g/mol. The molecule has 0 spiro atoms. The molecule has 6 nitrogen and oxygen atoms in total. The summed E-state index contributed by atoms with van der Waals surface area (Å²) in [7, 11) is 2.97. The Hall–Kier alpha value is -2.08. The second-order valence-electron chi connectivity index (χ2n) is 7.09. The molecule has 1 saturated carbocycles. The minimum absolute atomic E-state index is 0.154. The van der Waals surface area contributed by atoms with Crippen molar-refractivity contribution in [3.63, 3.8) is 0 Å². The van der Waals surface area contributed by atoms with Crippen LogP contribution in [0.4, 0.5) is 5.69 Å². The van der Waals surface area contributed by atoms with Gasteiger partial charge >= 0.3 is 5.97 Å². The summed E-state index contributed by atoms with van der Waals surface area (Å²) < 4.78 is 16.4. The number of hydrogen-bond donors (Lipinski definition) is 0. The van der Waals surface area contributed by atoms with E-state index in [2.05, 4.69) is 0 Å². The number of nitrogens with zero attached hydrogens (tertiary/aromatic N) is 1. The van der Waals surface area contributed by atoms with Gasteiger partial charge in [0.1, 0.15) is 11.9 Å². The molecule has 1 aromatic rings. The smallest absolute Gasteiger partial charge is 0.332 e. The molecule has 128 valence electrons. The summed E-state index contributed by atoms with van der Waals surface area (Å²) in [4.78, 5) is 27.5. The van der Waals surface area contributed by atoms with Gasteiger partial charge in [0.25, 0.3) is 5.91 Å². The minimum atomic E-state index is -0.971. The predicted octanol–water partition coefficient (Wildman–Crippen LogP) is 1.91. The van der Waals surface area contributed by atoms with Crippen LogP contribution in [-0.2, 0) is 19.1 Å². The summed E-state index contributed by atoms with van der Waals surface area (Å²) in [6.45, 7) is 2.03. The second kappa shape index (κ2) is 4.96. The maximum absolute atomic E-state index is 13.1. The quantitative estimate of drug-likeness (QED) is 0.792.